The smallest absolute Gasteiger partial charge is 0.392 e. The molecule has 2 nitrogen and oxygen atoms in total. The highest BCUT2D eigenvalue weighted by molar-refractivity contribution is 5.25. The van der Waals surface area contributed by atoms with Gasteiger partial charge in [0.15, 0.2) is 0 Å². The highest BCUT2D eigenvalue weighted by Gasteiger charge is 2.30. The van der Waals surface area contributed by atoms with Gasteiger partial charge in [-0.3, -0.25) is 0 Å². The van der Waals surface area contributed by atoms with Crippen LogP contribution < -0.4 is 5.32 Å². The Bertz CT molecular complexity index is 382. The Hall–Kier alpha value is -1.07. The van der Waals surface area contributed by atoms with E-state index < -0.39 is 17.8 Å². The number of aliphatic hydroxyl groups excluding tert-OH is 1. The van der Waals surface area contributed by atoms with Crippen LogP contribution in [0, 0.1) is 5.92 Å². The van der Waals surface area contributed by atoms with E-state index in [1.807, 2.05) is 0 Å². The first-order valence-electron chi connectivity index (χ1n) is 6.02. The molecule has 0 aromatic heterocycles. The lowest BCUT2D eigenvalue weighted by atomic mass is 9.95. The molecule has 1 fully saturated rings. The summed E-state index contributed by atoms with van der Waals surface area (Å²) in [6, 6.07) is 5.01. The molecule has 1 saturated heterocycles. The van der Waals surface area contributed by atoms with Crippen molar-refractivity contribution in [3.05, 3.63) is 35.4 Å². The van der Waals surface area contributed by atoms with Gasteiger partial charge >= 0.3 is 6.18 Å². The SMILES string of the molecule is OC(Cc1ccc(C(F)(F)F)cc1)C1CCNC1. The fourth-order valence-corrected chi connectivity index (χ4v) is 2.24. The second-order valence-corrected chi connectivity index (χ2v) is 4.72. The maximum atomic E-state index is 12.4. The van der Waals surface area contributed by atoms with Crippen molar-refractivity contribution in [3.8, 4) is 0 Å². The Labute approximate surface area is 104 Å². The van der Waals surface area contributed by atoms with Gasteiger partial charge in [0.25, 0.3) is 0 Å². The lowest BCUT2D eigenvalue weighted by molar-refractivity contribution is -0.137. The molecule has 1 aromatic carbocycles. The van der Waals surface area contributed by atoms with E-state index in [0.29, 0.717) is 6.42 Å². The third kappa shape index (κ3) is 3.23. The van der Waals surface area contributed by atoms with Gasteiger partial charge in [-0.2, -0.15) is 13.2 Å². The van der Waals surface area contributed by atoms with Crippen molar-refractivity contribution in [2.24, 2.45) is 5.92 Å². The van der Waals surface area contributed by atoms with Gasteiger partial charge in [0.2, 0.25) is 0 Å². The molecule has 18 heavy (non-hydrogen) atoms. The van der Waals surface area contributed by atoms with Gasteiger partial charge in [-0.05, 0) is 43.0 Å². The molecule has 100 valence electrons. The summed E-state index contributed by atoms with van der Waals surface area (Å²) in [5.74, 6) is 0.201. The molecular weight excluding hydrogens is 243 g/mol. The van der Waals surface area contributed by atoms with Crippen LogP contribution in [0.25, 0.3) is 0 Å². The molecule has 0 spiro atoms. The van der Waals surface area contributed by atoms with Crippen molar-refractivity contribution in [1.82, 2.24) is 5.32 Å². The van der Waals surface area contributed by atoms with Crippen molar-refractivity contribution in [1.29, 1.82) is 0 Å². The van der Waals surface area contributed by atoms with Crippen LogP contribution in [-0.4, -0.2) is 24.3 Å². The number of halogens is 3. The topological polar surface area (TPSA) is 32.3 Å². The van der Waals surface area contributed by atoms with E-state index >= 15 is 0 Å². The summed E-state index contributed by atoms with van der Waals surface area (Å²) in [4.78, 5) is 0. The molecular formula is C13H16F3NO. The highest BCUT2D eigenvalue weighted by atomic mass is 19.4. The Morgan fingerprint density at radius 2 is 1.94 bits per heavy atom. The fourth-order valence-electron chi connectivity index (χ4n) is 2.24. The van der Waals surface area contributed by atoms with Gasteiger partial charge in [-0.15, -0.1) is 0 Å². The normalized spacial score (nSPS) is 22.1. The summed E-state index contributed by atoms with van der Waals surface area (Å²) < 4.78 is 37.1. The zero-order valence-corrected chi connectivity index (χ0v) is 9.87. The van der Waals surface area contributed by atoms with Crippen LogP contribution in [0.5, 0.6) is 0 Å². The Kier molecular flexibility index (Phi) is 3.92. The minimum Gasteiger partial charge on any atom is -0.392 e. The van der Waals surface area contributed by atoms with Crippen LogP contribution in [0.4, 0.5) is 13.2 Å². The Morgan fingerprint density at radius 1 is 1.28 bits per heavy atom. The average Bonchev–Trinajstić information content (AvgIpc) is 2.82. The van der Waals surface area contributed by atoms with Crippen LogP contribution in [0.2, 0.25) is 0 Å². The van der Waals surface area contributed by atoms with Crippen molar-refractivity contribution >= 4 is 0 Å². The molecule has 2 rings (SSSR count). The van der Waals surface area contributed by atoms with Crippen molar-refractivity contribution in [2.45, 2.75) is 25.1 Å². The van der Waals surface area contributed by atoms with E-state index in [2.05, 4.69) is 5.32 Å². The van der Waals surface area contributed by atoms with Crippen molar-refractivity contribution in [2.75, 3.05) is 13.1 Å². The van der Waals surface area contributed by atoms with Crippen LogP contribution in [0.3, 0.4) is 0 Å². The summed E-state index contributed by atoms with van der Waals surface area (Å²) in [6.07, 6.45) is -3.46. The lowest BCUT2D eigenvalue weighted by Crippen LogP contribution is -2.24. The third-order valence-corrected chi connectivity index (χ3v) is 3.37. The molecule has 1 aliphatic heterocycles. The predicted octanol–water partition coefficient (Wildman–Crippen LogP) is 2.22. The van der Waals surface area contributed by atoms with Crippen LogP contribution in [-0.2, 0) is 12.6 Å². The second-order valence-electron chi connectivity index (χ2n) is 4.72. The van der Waals surface area contributed by atoms with Crippen molar-refractivity contribution in [3.63, 3.8) is 0 Å². The van der Waals surface area contributed by atoms with Crippen LogP contribution in [0.1, 0.15) is 17.5 Å². The second kappa shape index (κ2) is 5.28. The standard InChI is InChI=1S/C13H16F3NO/c14-13(15,16)11-3-1-9(2-4-11)7-12(18)10-5-6-17-8-10/h1-4,10,12,17-18H,5-8H2. The summed E-state index contributed by atoms with van der Waals surface area (Å²) in [5, 5.41) is 13.1. The first-order chi connectivity index (χ1) is 8.47. The van der Waals surface area contributed by atoms with Gasteiger partial charge in [-0.25, -0.2) is 0 Å². The lowest BCUT2D eigenvalue weighted by Gasteiger charge is -2.17. The molecule has 1 heterocycles. The number of rotatable bonds is 3. The van der Waals surface area contributed by atoms with E-state index in [9.17, 15) is 18.3 Å². The maximum Gasteiger partial charge on any atom is 0.416 e. The van der Waals surface area contributed by atoms with E-state index in [0.717, 1.165) is 37.2 Å². The zero-order valence-electron chi connectivity index (χ0n) is 9.87. The number of nitrogens with one attached hydrogen (secondary N) is 1. The summed E-state index contributed by atoms with van der Waals surface area (Å²) in [7, 11) is 0. The molecule has 1 aromatic rings. The first-order valence-corrected chi connectivity index (χ1v) is 6.02. The summed E-state index contributed by atoms with van der Waals surface area (Å²) >= 11 is 0. The van der Waals surface area contributed by atoms with Crippen LogP contribution in [0.15, 0.2) is 24.3 Å². The van der Waals surface area contributed by atoms with E-state index in [1.165, 1.54) is 12.1 Å². The van der Waals surface area contributed by atoms with Gasteiger partial charge < -0.3 is 10.4 Å². The number of aliphatic hydroxyl groups is 1. The number of hydrogen-bond donors (Lipinski definition) is 2. The predicted molar refractivity (Wildman–Crippen MR) is 62.1 cm³/mol. The monoisotopic (exact) mass is 259 g/mol. The van der Waals surface area contributed by atoms with E-state index in [4.69, 9.17) is 0 Å². The summed E-state index contributed by atoms with van der Waals surface area (Å²) in [6.45, 7) is 1.68. The van der Waals surface area contributed by atoms with E-state index in [-0.39, 0.29) is 5.92 Å². The maximum absolute atomic E-state index is 12.4. The third-order valence-electron chi connectivity index (χ3n) is 3.37. The van der Waals surface area contributed by atoms with Gasteiger partial charge in [0, 0.05) is 6.54 Å². The number of hydrogen-bond acceptors (Lipinski definition) is 2. The minimum atomic E-state index is -4.30. The largest absolute Gasteiger partial charge is 0.416 e. The molecule has 0 saturated carbocycles. The first kappa shape index (κ1) is 13.4. The molecule has 2 unspecified atom stereocenters. The highest BCUT2D eigenvalue weighted by Crippen LogP contribution is 2.29. The number of alkyl halides is 3. The molecule has 0 bridgehead atoms. The Morgan fingerprint density at radius 3 is 2.44 bits per heavy atom. The quantitative estimate of drug-likeness (QED) is 0.872. The van der Waals surface area contributed by atoms with Gasteiger partial charge in [0.05, 0.1) is 11.7 Å². The van der Waals surface area contributed by atoms with Gasteiger partial charge in [-0.1, -0.05) is 12.1 Å². The minimum absolute atomic E-state index is 0.201. The average molecular weight is 259 g/mol. The fraction of sp³-hybridized carbons (Fsp3) is 0.538. The molecule has 0 radical (unpaired) electrons. The van der Waals surface area contributed by atoms with Crippen LogP contribution >= 0.6 is 0 Å². The van der Waals surface area contributed by atoms with Crippen molar-refractivity contribution < 1.29 is 18.3 Å². The molecule has 2 atom stereocenters. The molecule has 5 heteroatoms. The molecule has 0 aliphatic carbocycles. The zero-order chi connectivity index (χ0) is 13.2. The van der Waals surface area contributed by atoms with Gasteiger partial charge in [0.1, 0.15) is 0 Å². The van der Waals surface area contributed by atoms with E-state index in [1.54, 1.807) is 0 Å². The Balaban J connectivity index is 1.97. The molecule has 1 aliphatic rings. The molecule has 2 N–H and O–H groups in total. The summed E-state index contributed by atoms with van der Waals surface area (Å²) in [5.41, 5.74) is 0.0886. The number of benzene rings is 1. The molecule has 0 amide bonds.